The first kappa shape index (κ1) is 53.3. The van der Waals surface area contributed by atoms with Crippen LogP contribution in [0.5, 0.6) is 0 Å². The molecule has 57 heavy (non-hydrogen) atoms. The predicted octanol–water partition coefficient (Wildman–Crippen LogP) is 9.90. The van der Waals surface area contributed by atoms with Crippen LogP contribution < -0.4 is 5.73 Å². The second-order valence-corrected chi connectivity index (χ2v) is 14.9. The van der Waals surface area contributed by atoms with E-state index in [0.717, 1.165) is 70.6 Å². The summed E-state index contributed by atoms with van der Waals surface area (Å²) in [5.74, 6) is -2.87. The van der Waals surface area contributed by atoms with Crippen molar-refractivity contribution in [1.82, 2.24) is 0 Å². The topological polar surface area (TPSA) is 189 Å². The van der Waals surface area contributed by atoms with Crippen LogP contribution in [0.15, 0.2) is 85.1 Å². The summed E-state index contributed by atoms with van der Waals surface area (Å²) >= 11 is 0. The first-order valence-corrected chi connectivity index (χ1v) is 22.1. The van der Waals surface area contributed by atoms with Crippen molar-refractivity contribution >= 4 is 31.5 Å². The highest BCUT2D eigenvalue weighted by atomic mass is 31.2. The Kier molecular flexibility index (Phi) is 35.4. The molecule has 0 saturated heterocycles. The average molecular weight is 820 g/mol. The van der Waals surface area contributed by atoms with Gasteiger partial charge in [0.2, 0.25) is 0 Å². The number of nitrogens with two attached hydrogens (primary N) is 1. The van der Waals surface area contributed by atoms with E-state index in [0.29, 0.717) is 6.42 Å². The minimum Gasteiger partial charge on any atom is -0.480 e. The Labute approximate surface area is 341 Å². The fraction of sp³-hybridized carbons (Fsp3) is 0.591. The van der Waals surface area contributed by atoms with Gasteiger partial charge in [0.15, 0.2) is 11.9 Å². The highest BCUT2D eigenvalue weighted by molar-refractivity contribution is 7.47. The van der Waals surface area contributed by atoms with Crippen LogP contribution in [0, 0.1) is 0 Å². The zero-order valence-electron chi connectivity index (χ0n) is 34.4. The molecule has 0 aliphatic heterocycles. The van der Waals surface area contributed by atoms with E-state index in [1.165, 1.54) is 25.3 Å². The molecule has 0 aromatic rings. The predicted molar refractivity (Wildman–Crippen MR) is 226 cm³/mol. The Hall–Kier alpha value is -3.67. The van der Waals surface area contributed by atoms with Gasteiger partial charge in [-0.2, -0.15) is 0 Å². The zero-order chi connectivity index (χ0) is 42.2. The van der Waals surface area contributed by atoms with E-state index < -0.39 is 57.7 Å². The first-order chi connectivity index (χ1) is 27.5. The van der Waals surface area contributed by atoms with Crippen LogP contribution in [0.3, 0.4) is 0 Å². The summed E-state index contributed by atoms with van der Waals surface area (Å²) in [5.41, 5.74) is 5.31. The van der Waals surface area contributed by atoms with Gasteiger partial charge >= 0.3 is 25.7 Å². The van der Waals surface area contributed by atoms with Crippen LogP contribution in [0.1, 0.15) is 136 Å². The molecular weight excluding hydrogens is 749 g/mol. The van der Waals surface area contributed by atoms with Gasteiger partial charge in [-0.15, -0.1) is 0 Å². The second kappa shape index (κ2) is 37.9. The Morgan fingerprint density at radius 3 is 1.79 bits per heavy atom. The van der Waals surface area contributed by atoms with Crippen LogP contribution in [0.2, 0.25) is 0 Å². The van der Waals surface area contributed by atoms with Gasteiger partial charge in [-0.3, -0.25) is 28.2 Å². The van der Waals surface area contributed by atoms with Crippen molar-refractivity contribution in [2.24, 2.45) is 5.73 Å². The summed E-state index contributed by atoms with van der Waals surface area (Å²) in [4.78, 5) is 58.1. The van der Waals surface area contributed by atoms with Crippen LogP contribution in [-0.2, 0) is 42.3 Å². The molecule has 0 amide bonds. The number of phosphoric acid groups is 1. The number of carbonyl (C=O) groups excluding carboxylic acids is 3. The number of aliphatic carboxylic acids is 1. The third-order valence-electron chi connectivity index (χ3n) is 8.10. The summed E-state index contributed by atoms with van der Waals surface area (Å²) in [6, 6.07) is -1.57. The molecule has 0 aromatic heterocycles. The number of allylic oxidation sites excluding steroid dienone is 14. The molecule has 1 unspecified atom stereocenters. The summed E-state index contributed by atoms with van der Waals surface area (Å²) in [7, 11) is -4.79. The number of rotatable bonds is 37. The fourth-order valence-corrected chi connectivity index (χ4v) is 5.63. The fourth-order valence-electron chi connectivity index (χ4n) is 4.85. The molecule has 12 nitrogen and oxygen atoms in total. The number of hydrogen-bond donors (Lipinski definition) is 3. The van der Waals surface area contributed by atoms with Gasteiger partial charge in [-0.25, -0.2) is 4.57 Å². The molecular formula is C44H70NO11P. The summed E-state index contributed by atoms with van der Waals surface area (Å²) < 4.78 is 32.4. The molecule has 322 valence electrons. The van der Waals surface area contributed by atoms with E-state index >= 15 is 0 Å². The van der Waals surface area contributed by atoms with Gasteiger partial charge < -0.3 is 25.2 Å². The Bertz CT molecular complexity index is 1350. The molecule has 13 heteroatoms. The van der Waals surface area contributed by atoms with Crippen molar-refractivity contribution in [3.05, 3.63) is 85.1 Å². The van der Waals surface area contributed by atoms with E-state index in [1.807, 2.05) is 6.08 Å². The van der Waals surface area contributed by atoms with Gasteiger partial charge in [0, 0.05) is 19.3 Å². The molecule has 0 aliphatic carbocycles. The van der Waals surface area contributed by atoms with Crippen molar-refractivity contribution in [1.29, 1.82) is 0 Å². The number of carbonyl (C=O) groups is 4. The van der Waals surface area contributed by atoms with E-state index in [4.69, 9.17) is 24.8 Å². The minimum absolute atomic E-state index is 0.0926. The van der Waals surface area contributed by atoms with Gasteiger partial charge in [-0.1, -0.05) is 125 Å². The first-order valence-electron chi connectivity index (χ1n) is 20.6. The zero-order valence-corrected chi connectivity index (χ0v) is 35.3. The van der Waals surface area contributed by atoms with Crippen molar-refractivity contribution < 1.29 is 52.3 Å². The molecule has 0 radical (unpaired) electrons. The maximum absolute atomic E-state index is 12.6. The third-order valence-corrected chi connectivity index (χ3v) is 9.05. The Balaban J connectivity index is 4.65. The maximum atomic E-state index is 12.6. The lowest BCUT2D eigenvalue weighted by atomic mass is 10.1. The maximum Gasteiger partial charge on any atom is 0.472 e. The number of ketones is 1. The number of carboxylic acid groups (broad SMARTS) is 1. The Morgan fingerprint density at radius 2 is 1.16 bits per heavy atom. The van der Waals surface area contributed by atoms with Crippen LogP contribution >= 0.6 is 7.82 Å². The Morgan fingerprint density at radius 1 is 0.614 bits per heavy atom. The molecule has 0 heterocycles. The van der Waals surface area contributed by atoms with Crippen LogP contribution in [-0.4, -0.2) is 65.7 Å². The molecule has 0 aliphatic rings. The SMILES string of the molecule is CC/C=C\C/C=C\C/C=C\CCCCCCCC(=O)OC[C@H](COP(=O)(O)OC[C@H](N)C(=O)O)OC(=O)CCCC(=O)/C=C/C=C\C/C=C\C/C=C\CCCCC. The number of unbranched alkanes of at least 4 members (excludes halogenated alkanes) is 8. The molecule has 4 N–H and O–H groups in total. The van der Waals surface area contributed by atoms with Crippen LogP contribution in [0.4, 0.5) is 0 Å². The molecule has 0 spiro atoms. The van der Waals surface area contributed by atoms with E-state index in [-0.39, 0.29) is 31.5 Å². The smallest absolute Gasteiger partial charge is 0.472 e. The summed E-state index contributed by atoms with van der Waals surface area (Å²) in [6.45, 7) is 2.37. The van der Waals surface area contributed by atoms with E-state index in [1.54, 1.807) is 12.2 Å². The molecule has 0 aromatic carbocycles. The quantitative estimate of drug-likeness (QED) is 0.0135. The van der Waals surface area contributed by atoms with Gasteiger partial charge in [0.05, 0.1) is 13.2 Å². The number of hydrogen-bond acceptors (Lipinski definition) is 10. The highest BCUT2D eigenvalue weighted by Crippen LogP contribution is 2.43. The number of phosphoric ester groups is 1. The minimum atomic E-state index is -4.79. The number of ether oxygens (including phenoxy) is 2. The number of carboxylic acids is 1. The van der Waals surface area contributed by atoms with Crippen molar-refractivity contribution in [3.8, 4) is 0 Å². The van der Waals surface area contributed by atoms with Gasteiger partial charge in [-0.05, 0) is 76.7 Å². The summed E-state index contributed by atoms with van der Waals surface area (Å²) in [6.07, 6.45) is 42.3. The summed E-state index contributed by atoms with van der Waals surface area (Å²) in [5, 5.41) is 8.87. The normalized spacial score (nSPS) is 14.5. The van der Waals surface area contributed by atoms with Crippen LogP contribution in [0.25, 0.3) is 0 Å². The van der Waals surface area contributed by atoms with Gasteiger partial charge in [0.1, 0.15) is 12.6 Å². The molecule has 0 saturated carbocycles. The standard InChI is InChI=1S/C44H70NO11P/c1-3-5-7-9-11-13-15-17-18-20-22-24-26-28-30-34-42(47)53-36-40(37-54-57(51,52)55-38-41(45)44(49)50)56-43(48)35-31-33-39(46)32-29-27-25-23-21-19-16-14-12-10-8-6-4-2/h5,7,11-14,17-19,21,25,27,29,32,40-41H,3-4,6,8-10,15-16,20,22-24,26,28,30-31,33-38,45H2,1-2H3,(H,49,50)(H,51,52)/b7-5-,13-11-,14-12-,18-17-,21-19-,27-25-,32-29+/t40-,41+/m1/s1. The van der Waals surface area contributed by atoms with Crippen molar-refractivity contribution in [2.75, 3.05) is 19.8 Å². The second-order valence-electron chi connectivity index (χ2n) is 13.4. The monoisotopic (exact) mass is 819 g/mol. The lowest BCUT2D eigenvalue weighted by Crippen LogP contribution is -2.34. The average Bonchev–Trinajstić information content (AvgIpc) is 3.18. The molecule has 0 bridgehead atoms. The van der Waals surface area contributed by atoms with E-state index in [9.17, 15) is 28.6 Å². The van der Waals surface area contributed by atoms with E-state index in [2.05, 4.69) is 79.1 Å². The largest absolute Gasteiger partial charge is 0.480 e. The number of esters is 2. The highest BCUT2D eigenvalue weighted by Gasteiger charge is 2.28. The third kappa shape index (κ3) is 37.7. The lowest BCUT2D eigenvalue weighted by molar-refractivity contribution is -0.161. The van der Waals surface area contributed by atoms with Crippen molar-refractivity contribution in [3.63, 3.8) is 0 Å². The molecule has 0 rings (SSSR count). The van der Waals surface area contributed by atoms with Crippen molar-refractivity contribution in [2.45, 2.75) is 148 Å². The molecule has 0 fully saturated rings. The van der Waals surface area contributed by atoms with Gasteiger partial charge in [0.25, 0.3) is 0 Å². The lowest BCUT2D eigenvalue weighted by Gasteiger charge is -2.20. The molecule has 3 atom stereocenters.